The summed E-state index contributed by atoms with van der Waals surface area (Å²) in [6, 6.07) is 9.07. The quantitative estimate of drug-likeness (QED) is 0.719. The van der Waals surface area contributed by atoms with E-state index >= 15 is 0 Å². The number of amides is 2. The first-order valence-corrected chi connectivity index (χ1v) is 8.65. The Balaban J connectivity index is 1.56. The fourth-order valence-corrected chi connectivity index (χ4v) is 3.10. The van der Waals surface area contributed by atoms with Gasteiger partial charge in [0.1, 0.15) is 0 Å². The molecule has 2 unspecified atom stereocenters. The van der Waals surface area contributed by atoms with E-state index in [1.165, 1.54) is 30.3 Å². The van der Waals surface area contributed by atoms with Gasteiger partial charge in [-0.3, -0.25) is 20.4 Å². The molecule has 2 N–H and O–H groups in total. The molecule has 2 amide bonds. The average Bonchev–Trinajstić information content (AvgIpc) is 3.41. The molecule has 9 heteroatoms. The SMILES string of the molecule is O=C(NNC(=O)C1CC1c1ccc(C(F)(F)F)cc1)c1cc(Cl)ccc1Cl. The van der Waals surface area contributed by atoms with Crippen LogP contribution in [0.2, 0.25) is 10.0 Å². The van der Waals surface area contributed by atoms with Crippen LogP contribution in [0.1, 0.15) is 33.8 Å². The van der Waals surface area contributed by atoms with Gasteiger partial charge in [0.25, 0.3) is 5.91 Å². The van der Waals surface area contributed by atoms with Gasteiger partial charge in [-0.1, -0.05) is 35.3 Å². The van der Waals surface area contributed by atoms with Crippen LogP contribution in [0.4, 0.5) is 13.2 Å². The van der Waals surface area contributed by atoms with E-state index in [1.54, 1.807) is 0 Å². The molecule has 1 aliphatic rings. The van der Waals surface area contributed by atoms with Gasteiger partial charge < -0.3 is 0 Å². The van der Waals surface area contributed by atoms with Crippen LogP contribution in [0, 0.1) is 5.92 Å². The Labute approximate surface area is 162 Å². The maximum absolute atomic E-state index is 12.6. The van der Waals surface area contributed by atoms with E-state index in [0.29, 0.717) is 17.0 Å². The molecule has 2 atom stereocenters. The Morgan fingerprint density at radius 3 is 2.30 bits per heavy atom. The molecule has 1 aliphatic carbocycles. The lowest BCUT2D eigenvalue weighted by atomic mass is 10.1. The smallest absolute Gasteiger partial charge is 0.273 e. The summed E-state index contributed by atoms with van der Waals surface area (Å²) in [5, 5.41) is 0.501. The molecule has 0 radical (unpaired) electrons. The van der Waals surface area contributed by atoms with Crippen molar-refractivity contribution in [2.45, 2.75) is 18.5 Å². The van der Waals surface area contributed by atoms with Crippen LogP contribution in [0.25, 0.3) is 0 Å². The Morgan fingerprint density at radius 2 is 1.67 bits per heavy atom. The maximum atomic E-state index is 12.6. The van der Waals surface area contributed by atoms with E-state index in [2.05, 4.69) is 10.9 Å². The van der Waals surface area contributed by atoms with Gasteiger partial charge in [0, 0.05) is 10.9 Å². The molecule has 2 aromatic carbocycles. The van der Waals surface area contributed by atoms with Crippen LogP contribution < -0.4 is 10.9 Å². The lowest BCUT2D eigenvalue weighted by Crippen LogP contribution is -2.42. The minimum Gasteiger partial charge on any atom is -0.273 e. The first kappa shape index (κ1) is 19.5. The van der Waals surface area contributed by atoms with E-state index in [0.717, 1.165) is 12.1 Å². The van der Waals surface area contributed by atoms with Gasteiger partial charge in [-0.15, -0.1) is 0 Å². The van der Waals surface area contributed by atoms with Gasteiger partial charge in [-0.25, -0.2) is 0 Å². The zero-order valence-electron chi connectivity index (χ0n) is 13.6. The van der Waals surface area contributed by atoms with Crippen molar-refractivity contribution in [1.29, 1.82) is 0 Å². The second kappa shape index (κ2) is 7.40. The van der Waals surface area contributed by atoms with E-state index in [9.17, 15) is 22.8 Å². The summed E-state index contributed by atoms with van der Waals surface area (Å²) in [5.41, 5.74) is 4.58. The highest BCUT2D eigenvalue weighted by molar-refractivity contribution is 6.35. The third-order valence-corrected chi connectivity index (χ3v) is 4.83. The van der Waals surface area contributed by atoms with Crippen molar-refractivity contribution in [3.05, 3.63) is 69.2 Å². The highest BCUT2D eigenvalue weighted by Crippen LogP contribution is 2.47. The summed E-state index contributed by atoms with van der Waals surface area (Å²) < 4.78 is 37.8. The van der Waals surface area contributed by atoms with Crippen molar-refractivity contribution < 1.29 is 22.8 Å². The number of hydrogen-bond donors (Lipinski definition) is 2. The maximum Gasteiger partial charge on any atom is 0.416 e. The van der Waals surface area contributed by atoms with Crippen LogP contribution in [0.15, 0.2) is 42.5 Å². The average molecular weight is 417 g/mol. The largest absolute Gasteiger partial charge is 0.416 e. The number of nitrogens with one attached hydrogen (secondary N) is 2. The zero-order chi connectivity index (χ0) is 19.8. The van der Waals surface area contributed by atoms with Crippen molar-refractivity contribution in [1.82, 2.24) is 10.9 Å². The second-order valence-electron chi connectivity index (χ2n) is 6.14. The third kappa shape index (κ3) is 4.54. The zero-order valence-corrected chi connectivity index (χ0v) is 15.1. The second-order valence-corrected chi connectivity index (χ2v) is 6.98. The molecular weight excluding hydrogens is 404 g/mol. The summed E-state index contributed by atoms with van der Waals surface area (Å²) in [4.78, 5) is 24.2. The van der Waals surface area contributed by atoms with Crippen LogP contribution in [-0.4, -0.2) is 11.8 Å². The number of hydrogen-bond acceptors (Lipinski definition) is 2. The molecule has 0 heterocycles. The monoisotopic (exact) mass is 416 g/mol. The van der Waals surface area contributed by atoms with Crippen LogP contribution >= 0.6 is 23.2 Å². The molecule has 27 heavy (non-hydrogen) atoms. The Morgan fingerprint density at radius 1 is 1.00 bits per heavy atom. The summed E-state index contributed by atoms with van der Waals surface area (Å²) in [6.45, 7) is 0. The van der Waals surface area contributed by atoms with Crippen molar-refractivity contribution in [3.8, 4) is 0 Å². The van der Waals surface area contributed by atoms with Gasteiger partial charge in [-0.2, -0.15) is 13.2 Å². The minimum absolute atomic E-state index is 0.111. The van der Waals surface area contributed by atoms with Crippen molar-refractivity contribution >= 4 is 35.0 Å². The molecule has 4 nitrogen and oxygen atoms in total. The molecule has 0 saturated heterocycles. The number of halogens is 5. The molecule has 1 fully saturated rings. The summed E-state index contributed by atoms with van der Waals surface area (Å²) in [7, 11) is 0. The first-order valence-electron chi connectivity index (χ1n) is 7.89. The van der Waals surface area contributed by atoms with Crippen LogP contribution in [-0.2, 0) is 11.0 Å². The molecule has 1 saturated carbocycles. The molecule has 0 spiro atoms. The summed E-state index contributed by atoms with van der Waals surface area (Å²) >= 11 is 11.7. The lowest BCUT2D eigenvalue weighted by Gasteiger charge is -2.09. The van der Waals surface area contributed by atoms with E-state index in [1.807, 2.05) is 0 Å². The molecule has 0 aromatic heterocycles. The minimum atomic E-state index is -4.40. The Kier molecular flexibility index (Phi) is 5.35. The van der Waals surface area contributed by atoms with Crippen molar-refractivity contribution in [3.63, 3.8) is 0 Å². The summed E-state index contributed by atoms with van der Waals surface area (Å²) in [5.74, 6) is -1.65. The number of carbonyl (C=O) groups excluding carboxylic acids is 2. The fourth-order valence-electron chi connectivity index (χ4n) is 2.72. The molecule has 2 aromatic rings. The number of hydrazine groups is 1. The topological polar surface area (TPSA) is 58.2 Å². The standard InChI is InChI=1S/C18H13Cl2F3N2O2/c19-11-5-6-15(20)14(7-11)17(27)25-24-16(26)13-8-12(13)9-1-3-10(4-2-9)18(21,22)23/h1-7,12-13H,8H2,(H,24,26)(H,25,27). The van der Waals surface area contributed by atoms with Gasteiger partial charge >= 0.3 is 6.18 Å². The van der Waals surface area contributed by atoms with Crippen LogP contribution in [0.5, 0.6) is 0 Å². The van der Waals surface area contributed by atoms with Crippen molar-refractivity contribution in [2.24, 2.45) is 5.92 Å². The van der Waals surface area contributed by atoms with Gasteiger partial charge in [0.05, 0.1) is 16.1 Å². The Bertz CT molecular complexity index is 885. The van der Waals surface area contributed by atoms with Crippen molar-refractivity contribution in [2.75, 3.05) is 0 Å². The molecule has 3 rings (SSSR count). The highest BCUT2D eigenvalue weighted by Gasteiger charge is 2.44. The van der Waals surface area contributed by atoms with Gasteiger partial charge in [0.15, 0.2) is 0 Å². The van der Waals surface area contributed by atoms with Gasteiger partial charge in [-0.05, 0) is 48.2 Å². The van der Waals surface area contributed by atoms with E-state index < -0.39 is 29.5 Å². The predicted molar refractivity (Wildman–Crippen MR) is 94.4 cm³/mol. The number of carbonyl (C=O) groups is 2. The van der Waals surface area contributed by atoms with Gasteiger partial charge in [0.2, 0.25) is 5.91 Å². The molecule has 0 aliphatic heterocycles. The molecule has 0 bridgehead atoms. The molecular formula is C18H13Cl2F3N2O2. The third-order valence-electron chi connectivity index (χ3n) is 4.27. The number of benzene rings is 2. The number of alkyl halides is 3. The van der Waals surface area contributed by atoms with Crippen LogP contribution in [0.3, 0.4) is 0 Å². The van der Waals surface area contributed by atoms with E-state index in [4.69, 9.17) is 23.2 Å². The summed E-state index contributed by atoms with van der Waals surface area (Å²) in [6.07, 6.45) is -3.91. The lowest BCUT2D eigenvalue weighted by molar-refractivity contribution is -0.137. The Hall–Kier alpha value is -2.25. The predicted octanol–water partition coefficient (Wildman–Crippen LogP) is 4.58. The normalized spacial score (nSPS) is 18.7. The van der Waals surface area contributed by atoms with E-state index in [-0.39, 0.29) is 16.5 Å². The molecule has 142 valence electrons. The number of rotatable bonds is 3. The highest BCUT2D eigenvalue weighted by atomic mass is 35.5. The fraction of sp³-hybridized carbons (Fsp3) is 0.222. The first-order chi connectivity index (χ1) is 12.7.